The molecule has 1 aliphatic heterocycles. The van der Waals surface area contributed by atoms with E-state index in [1.165, 1.54) is 9.87 Å². The molecule has 1 atom stereocenters. The molecule has 1 heterocycles. The lowest BCUT2D eigenvalue weighted by molar-refractivity contribution is -0.139. The molecule has 1 fully saturated rings. The standard InChI is InChI=1S/C22H25ClN2O4S/c1-16(29-21-8-3-2-7-20(21)23)22(26)24-11-13-25(14-12-24)30(27,28)19-10-9-17-5-4-6-18(17)15-19/h2-3,7-10,15-16H,4-6,11-14H2,1H3. The lowest BCUT2D eigenvalue weighted by Gasteiger charge is -2.35. The first-order valence-corrected chi connectivity index (χ1v) is 12.0. The average molecular weight is 449 g/mol. The number of amides is 1. The molecule has 2 aromatic carbocycles. The molecule has 0 bridgehead atoms. The molecule has 0 aromatic heterocycles. The average Bonchev–Trinajstić information content (AvgIpc) is 3.23. The van der Waals surface area contributed by atoms with Crippen molar-refractivity contribution in [1.29, 1.82) is 0 Å². The van der Waals surface area contributed by atoms with Gasteiger partial charge in [0.25, 0.3) is 5.91 Å². The van der Waals surface area contributed by atoms with Crippen molar-refractivity contribution in [3.05, 3.63) is 58.6 Å². The van der Waals surface area contributed by atoms with Gasteiger partial charge >= 0.3 is 0 Å². The second-order valence-electron chi connectivity index (χ2n) is 7.70. The van der Waals surface area contributed by atoms with E-state index in [1.54, 1.807) is 42.2 Å². The largest absolute Gasteiger partial charge is 0.479 e. The Morgan fingerprint density at radius 2 is 1.73 bits per heavy atom. The third-order valence-corrected chi connectivity index (χ3v) is 7.95. The zero-order valence-corrected chi connectivity index (χ0v) is 18.5. The molecular weight excluding hydrogens is 424 g/mol. The maximum absolute atomic E-state index is 13.1. The Kier molecular flexibility index (Phi) is 6.04. The number of halogens is 1. The summed E-state index contributed by atoms with van der Waals surface area (Å²) in [7, 11) is -3.56. The molecule has 1 aliphatic carbocycles. The van der Waals surface area contributed by atoms with Gasteiger partial charge in [-0.2, -0.15) is 4.31 Å². The minimum atomic E-state index is -3.56. The zero-order valence-electron chi connectivity index (χ0n) is 16.9. The smallest absolute Gasteiger partial charge is 0.263 e. The van der Waals surface area contributed by atoms with Gasteiger partial charge in [0.15, 0.2) is 6.10 Å². The molecule has 4 rings (SSSR count). The summed E-state index contributed by atoms with van der Waals surface area (Å²) in [5, 5.41) is 0.447. The summed E-state index contributed by atoms with van der Waals surface area (Å²) >= 11 is 6.10. The van der Waals surface area contributed by atoms with Crippen LogP contribution < -0.4 is 4.74 Å². The number of hydrogen-bond donors (Lipinski definition) is 0. The topological polar surface area (TPSA) is 66.9 Å². The van der Waals surface area contributed by atoms with E-state index in [0.29, 0.717) is 28.8 Å². The SMILES string of the molecule is CC(Oc1ccccc1Cl)C(=O)N1CCN(S(=O)(=O)c2ccc3c(c2)CCC3)CC1. The summed E-state index contributed by atoms with van der Waals surface area (Å²) in [6, 6.07) is 12.5. The Labute approximate surface area is 182 Å². The molecule has 2 aromatic rings. The van der Waals surface area contributed by atoms with Gasteiger partial charge in [-0.25, -0.2) is 8.42 Å². The first-order valence-electron chi connectivity index (χ1n) is 10.2. The molecule has 0 saturated carbocycles. The first-order chi connectivity index (χ1) is 14.4. The highest BCUT2D eigenvalue weighted by molar-refractivity contribution is 7.89. The maximum atomic E-state index is 13.1. The number of nitrogens with zero attached hydrogens (tertiary/aromatic N) is 2. The minimum Gasteiger partial charge on any atom is -0.479 e. The highest BCUT2D eigenvalue weighted by Gasteiger charge is 2.32. The van der Waals surface area contributed by atoms with E-state index in [-0.39, 0.29) is 19.0 Å². The fraction of sp³-hybridized carbons (Fsp3) is 0.409. The van der Waals surface area contributed by atoms with E-state index in [0.717, 1.165) is 24.8 Å². The number of sulfonamides is 1. The van der Waals surface area contributed by atoms with E-state index in [4.69, 9.17) is 16.3 Å². The monoisotopic (exact) mass is 448 g/mol. The van der Waals surface area contributed by atoms with Gasteiger partial charge in [0.2, 0.25) is 10.0 Å². The van der Waals surface area contributed by atoms with Gasteiger partial charge in [0.1, 0.15) is 5.75 Å². The number of piperazine rings is 1. The van der Waals surface area contributed by atoms with Gasteiger partial charge in [-0.1, -0.05) is 29.8 Å². The lowest BCUT2D eigenvalue weighted by Crippen LogP contribution is -2.53. The molecule has 8 heteroatoms. The van der Waals surface area contributed by atoms with Crippen LogP contribution in [0.15, 0.2) is 47.4 Å². The summed E-state index contributed by atoms with van der Waals surface area (Å²) in [5.41, 5.74) is 2.38. The molecule has 0 radical (unpaired) electrons. The van der Waals surface area contributed by atoms with Crippen LogP contribution >= 0.6 is 11.6 Å². The van der Waals surface area contributed by atoms with Crippen molar-refractivity contribution in [2.24, 2.45) is 0 Å². The molecular formula is C22H25ClN2O4S. The zero-order chi connectivity index (χ0) is 21.3. The van der Waals surface area contributed by atoms with Gasteiger partial charge in [-0.3, -0.25) is 4.79 Å². The van der Waals surface area contributed by atoms with Gasteiger partial charge < -0.3 is 9.64 Å². The fourth-order valence-corrected chi connectivity index (χ4v) is 5.70. The first kappa shape index (κ1) is 21.2. The number of carbonyl (C=O) groups is 1. The van der Waals surface area contributed by atoms with Crippen molar-refractivity contribution in [2.75, 3.05) is 26.2 Å². The van der Waals surface area contributed by atoms with Crippen LogP contribution in [-0.4, -0.2) is 55.8 Å². The fourth-order valence-electron chi connectivity index (χ4n) is 4.04. The van der Waals surface area contributed by atoms with Crippen LogP contribution in [0, 0.1) is 0 Å². The van der Waals surface area contributed by atoms with Gasteiger partial charge in [0.05, 0.1) is 9.92 Å². The van der Waals surface area contributed by atoms with Crippen molar-refractivity contribution < 1.29 is 17.9 Å². The highest BCUT2D eigenvalue weighted by Crippen LogP contribution is 2.27. The molecule has 30 heavy (non-hydrogen) atoms. The van der Waals surface area contributed by atoms with Crippen molar-refractivity contribution in [3.63, 3.8) is 0 Å². The summed E-state index contributed by atoms with van der Waals surface area (Å²) < 4.78 is 33.3. The van der Waals surface area contributed by atoms with Gasteiger partial charge in [0, 0.05) is 26.2 Å². The molecule has 6 nitrogen and oxygen atoms in total. The van der Waals surface area contributed by atoms with Crippen molar-refractivity contribution in [1.82, 2.24) is 9.21 Å². The predicted molar refractivity (Wildman–Crippen MR) is 115 cm³/mol. The number of rotatable bonds is 5. The third kappa shape index (κ3) is 4.19. The van der Waals surface area contributed by atoms with Crippen LogP contribution in [0.2, 0.25) is 5.02 Å². The van der Waals surface area contributed by atoms with Crippen molar-refractivity contribution >= 4 is 27.5 Å². The number of hydrogen-bond acceptors (Lipinski definition) is 4. The second kappa shape index (κ2) is 8.57. The number of fused-ring (bicyclic) bond motifs is 1. The molecule has 1 unspecified atom stereocenters. The molecule has 160 valence electrons. The molecule has 1 saturated heterocycles. The van der Waals surface area contributed by atoms with E-state index >= 15 is 0 Å². The molecule has 0 spiro atoms. The normalized spacial score (nSPS) is 18.1. The van der Waals surface area contributed by atoms with Gasteiger partial charge in [-0.05, 0) is 61.6 Å². The Morgan fingerprint density at radius 1 is 1.03 bits per heavy atom. The van der Waals surface area contributed by atoms with Crippen LogP contribution in [-0.2, 0) is 27.7 Å². The van der Waals surface area contributed by atoms with E-state index in [9.17, 15) is 13.2 Å². The quantitative estimate of drug-likeness (QED) is 0.704. The molecule has 1 amide bonds. The second-order valence-corrected chi connectivity index (χ2v) is 10.0. The van der Waals surface area contributed by atoms with Crippen LogP contribution in [0.25, 0.3) is 0 Å². The lowest BCUT2D eigenvalue weighted by atomic mass is 10.1. The molecule has 2 aliphatic rings. The Bertz CT molecular complexity index is 1050. The Hall–Kier alpha value is -2.09. The summed E-state index contributed by atoms with van der Waals surface area (Å²) in [5.74, 6) is 0.280. The molecule has 0 N–H and O–H groups in total. The summed E-state index contributed by atoms with van der Waals surface area (Å²) in [4.78, 5) is 14.8. The Morgan fingerprint density at radius 3 is 2.47 bits per heavy atom. The Balaban J connectivity index is 1.38. The summed E-state index contributed by atoms with van der Waals surface area (Å²) in [6.07, 6.45) is 2.33. The van der Waals surface area contributed by atoms with Crippen LogP contribution in [0.4, 0.5) is 0 Å². The number of benzene rings is 2. The van der Waals surface area contributed by atoms with Gasteiger partial charge in [-0.15, -0.1) is 0 Å². The minimum absolute atomic E-state index is 0.176. The van der Waals surface area contributed by atoms with E-state index < -0.39 is 16.1 Å². The number of ether oxygens (including phenoxy) is 1. The number of aryl methyl sites for hydroxylation is 2. The van der Waals surface area contributed by atoms with E-state index in [1.807, 2.05) is 12.1 Å². The predicted octanol–water partition coefficient (Wildman–Crippen LogP) is 3.13. The third-order valence-electron chi connectivity index (χ3n) is 5.75. The van der Waals surface area contributed by atoms with Crippen molar-refractivity contribution in [3.8, 4) is 5.75 Å². The number of para-hydroxylation sites is 1. The highest BCUT2D eigenvalue weighted by atomic mass is 35.5. The van der Waals surface area contributed by atoms with Crippen LogP contribution in [0.3, 0.4) is 0 Å². The van der Waals surface area contributed by atoms with Crippen molar-refractivity contribution in [2.45, 2.75) is 37.2 Å². The maximum Gasteiger partial charge on any atom is 0.263 e. The summed E-state index contributed by atoms with van der Waals surface area (Å²) in [6.45, 7) is 2.88. The van der Waals surface area contributed by atoms with E-state index in [2.05, 4.69) is 0 Å². The van der Waals surface area contributed by atoms with Crippen LogP contribution in [0.1, 0.15) is 24.5 Å². The number of carbonyl (C=O) groups excluding carboxylic acids is 1. The van der Waals surface area contributed by atoms with Crippen LogP contribution in [0.5, 0.6) is 5.75 Å².